The third-order valence-corrected chi connectivity index (χ3v) is 3.36. The molecule has 1 amide bonds. The van der Waals surface area contributed by atoms with Gasteiger partial charge in [0.2, 0.25) is 0 Å². The Hall–Kier alpha value is -2.24. The van der Waals surface area contributed by atoms with Crippen LogP contribution >= 0.6 is 11.6 Å². The zero-order chi connectivity index (χ0) is 16.7. The van der Waals surface area contributed by atoms with Gasteiger partial charge in [0.1, 0.15) is 24.2 Å². The topological polar surface area (TPSA) is 67.8 Å². The van der Waals surface area contributed by atoms with Crippen LogP contribution < -0.4 is 14.8 Å². The molecule has 2 aromatic carbocycles. The zero-order valence-electron chi connectivity index (χ0n) is 12.7. The van der Waals surface area contributed by atoms with Gasteiger partial charge in [-0.1, -0.05) is 11.6 Å². The Labute approximate surface area is 139 Å². The van der Waals surface area contributed by atoms with Crippen molar-refractivity contribution < 1.29 is 19.4 Å². The van der Waals surface area contributed by atoms with Gasteiger partial charge in [-0.05, 0) is 48.5 Å². The molecule has 0 saturated heterocycles. The summed E-state index contributed by atoms with van der Waals surface area (Å²) in [6, 6.07) is 13.6. The summed E-state index contributed by atoms with van der Waals surface area (Å²) in [6.07, 6.45) is -0.812. The van der Waals surface area contributed by atoms with E-state index in [0.717, 1.165) is 5.75 Å². The molecule has 0 aliphatic heterocycles. The van der Waals surface area contributed by atoms with Crippen LogP contribution in [0.3, 0.4) is 0 Å². The van der Waals surface area contributed by atoms with Crippen molar-refractivity contribution >= 4 is 17.5 Å². The molecule has 6 heteroatoms. The van der Waals surface area contributed by atoms with Gasteiger partial charge in [-0.3, -0.25) is 4.79 Å². The lowest BCUT2D eigenvalue weighted by atomic mass is 10.2. The van der Waals surface area contributed by atoms with Crippen molar-refractivity contribution in [1.29, 1.82) is 0 Å². The van der Waals surface area contributed by atoms with Gasteiger partial charge in [-0.15, -0.1) is 0 Å². The number of halogens is 1. The minimum Gasteiger partial charge on any atom is -0.497 e. The van der Waals surface area contributed by atoms with Crippen molar-refractivity contribution in [3.8, 4) is 11.5 Å². The molecule has 0 heterocycles. The molecule has 122 valence electrons. The summed E-state index contributed by atoms with van der Waals surface area (Å²) in [5.41, 5.74) is 0.484. The molecule has 1 atom stereocenters. The molecular weight excluding hydrogens is 318 g/mol. The van der Waals surface area contributed by atoms with Crippen LogP contribution in [0.25, 0.3) is 0 Å². The van der Waals surface area contributed by atoms with Crippen LogP contribution in [0.4, 0.5) is 0 Å². The highest BCUT2D eigenvalue weighted by Crippen LogP contribution is 2.17. The van der Waals surface area contributed by atoms with Crippen molar-refractivity contribution in [2.75, 3.05) is 20.3 Å². The number of ether oxygens (including phenoxy) is 2. The number of benzene rings is 2. The van der Waals surface area contributed by atoms with Gasteiger partial charge >= 0.3 is 0 Å². The number of carbonyl (C=O) groups is 1. The van der Waals surface area contributed by atoms with Crippen LogP contribution in [0.2, 0.25) is 5.02 Å². The van der Waals surface area contributed by atoms with E-state index in [4.69, 9.17) is 21.1 Å². The Morgan fingerprint density at radius 2 is 1.74 bits per heavy atom. The Balaban J connectivity index is 1.74. The first-order chi connectivity index (χ1) is 11.1. The van der Waals surface area contributed by atoms with Crippen molar-refractivity contribution in [2.45, 2.75) is 6.10 Å². The second kappa shape index (κ2) is 8.41. The highest BCUT2D eigenvalue weighted by molar-refractivity contribution is 6.30. The van der Waals surface area contributed by atoms with Gasteiger partial charge in [0.15, 0.2) is 0 Å². The van der Waals surface area contributed by atoms with Crippen molar-refractivity contribution in [1.82, 2.24) is 5.32 Å². The number of hydrogen-bond acceptors (Lipinski definition) is 4. The molecule has 0 fully saturated rings. The average molecular weight is 336 g/mol. The number of rotatable bonds is 7. The van der Waals surface area contributed by atoms with E-state index in [-0.39, 0.29) is 19.1 Å². The summed E-state index contributed by atoms with van der Waals surface area (Å²) in [5.74, 6) is 1.08. The van der Waals surface area contributed by atoms with Crippen LogP contribution in [0, 0.1) is 0 Å². The molecule has 0 aliphatic carbocycles. The van der Waals surface area contributed by atoms with E-state index in [1.165, 1.54) is 0 Å². The summed E-state index contributed by atoms with van der Waals surface area (Å²) in [6.45, 7) is 0.171. The largest absolute Gasteiger partial charge is 0.497 e. The number of hydrogen-bond donors (Lipinski definition) is 2. The van der Waals surface area contributed by atoms with Gasteiger partial charge in [-0.2, -0.15) is 0 Å². The first-order valence-corrected chi connectivity index (χ1v) is 7.45. The highest BCUT2D eigenvalue weighted by atomic mass is 35.5. The lowest BCUT2D eigenvalue weighted by Crippen LogP contribution is -2.35. The van der Waals surface area contributed by atoms with Gasteiger partial charge < -0.3 is 19.9 Å². The monoisotopic (exact) mass is 335 g/mol. The Morgan fingerprint density at radius 1 is 1.13 bits per heavy atom. The zero-order valence-corrected chi connectivity index (χ0v) is 13.4. The second-order valence-corrected chi connectivity index (χ2v) is 5.29. The molecule has 2 N–H and O–H groups in total. The number of aliphatic hydroxyl groups excluding tert-OH is 1. The lowest BCUT2D eigenvalue weighted by Gasteiger charge is -2.13. The van der Waals surface area contributed by atoms with E-state index >= 15 is 0 Å². The van der Waals surface area contributed by atoms with Crippen molar-refractivity contribution in [3.63, 3.8) is 0 Å². The fourth-order valence-electron chi connectivity index (χ4n) is 1.84. The third-order valence-electron chi connectivity index (χ3n) is 3.11. The van der Waals surface area contributed by atoms with E-state index in [0.29, 0.717) is 16.3 Å². The number of aliphatic hydroxyl groups is 1. The van der Waals surface area contributed by atoms with Gasteiger partial charge in [0.25, 0.3) is 5.91 Å². The quantitative estimate of drug-likeness (QED) is 0.816. The number of methoxy groups -OCH3 is 1. The van der Waals surface area contributed by atoms with Crippen LogP contribution in [-0.2, 0) is 0 Å². The molecule has 0 aromatic heterocycles. The summed E-state index contributed by atoms with van der Waals surface area (Å²) >= 11 is 5.77. The smallest absolute Gasteiger partial charge is 0.251 e. The summed E-state index contributed by atoms with van der Waals surface area (Å²) in [7, 11) is 1.59. The van der Waals surface area contributed by atoms with Crippen LogP contribution in [-0.4, -0.2) is 37.4 Å². The standard InChI is InChI=1S/C17H18ClNO4/c1-22-15-6-8-16(9-7-15)23-11-14(20)10-19-17(21)12-2-4-13(18)5-3-12/h2-9,14,20H,10-11H2,1H3,(H,19,21). The SMILES string of the molecule is COc1ccc(OCC(O)CNC(=O)c2ccc(Cl)cc2)cc1. The molecule has 0 spiro atoms. The van der Waals surface area contributed by atoms with Gasteiger partial charge in [0.05, 0.1) is 7.11 Å². The lowest BCUT2D eigenvalue weighted by molar-refractivity contribution is 0.0843. The maximum absolute atomic E-state index is 11.9. The van der Waals surface area contributed by atoms with Gasteiger partial charge in [-0.25, -0.2) is 0 Å². The molecular formula is C17H18ClNO4. The Kier molecular flexibility index (Phi) is 6.26. The molecule has 2 rings (SSSR count). The van der Waals surface area contributed by atoms with Crippen molar-refractivity contribution in [3.05, 3.63) is 59.1 Å². The predicted molar refractivity (Wildman–Crippen MR) is 88.3 cm³/mol. The number of amides is 1. The Morgan fingerprint density at radius 3 is 2.35 bits per heavy atom. The Bertz CT molecular complexity index is 628. The van der Waals surface area contributed by atoms with Crippen LogP contribution in [0.5, 0.6) is 11.5 Å². The molecule has 5 nitrogen and oxygen atoms in total. The normalized spacial score (nSPS) is 11.6. The highest BCUT2D eigenvalue weighted by Gasteiger charge is 2.10. The number of carbonyl (C=O) groups excluding carboxylic acids is 1. The minimum absolute atomic E-state index is 0.0766. The van der Waals surface area contributed by atoms with Crippen LogP contribution in [0.15, 0.2) is 48.5 Å². The summed E-state index contributed by atoms with van der Waals surface area (Å²) in [4.78, 5) is 11.9. The van der Waals surface area contributed by atoms with E-state index in [1.54, 1.807) is 55.6 Å². The third kappa shape index (κ3) is 5.47. The molecule has 0 bridgehead atoms. The number of nitrogens with one attached hydrogen (secondary N) is 1. The van der Waals surface area contributed by atoms with Crippen LogP contribution in [0.1, 0.15) is 10.4 Å². The fourth-order valence-corrected chi connectivity index (χ4v) is 1.96. The first-order valence-electron chi connectivity index (χ1n) is 7.07. The first kappa shape index (κ1) is 17.1. The minimum atomic E-state index is -0.812. The fraction of sp³-hybridized carbons (Fsp3) is 0.235. The maximum Gasteiger partial charge on any atom is 0.251 e. The predicted octanol–water partition coefficient (Wildman–Crippen LogP) is 2.52. The van der Waals surface area contributed by atoms with E-state index < -0.39 is 6.10 Å². The van der Waals surface area contributed by atoms with E-state index in [2.05, 4.69) is 5.32 Å². The molecule has 0 saturated carbocycles. The summed E-state index contributed by atoms with van der Waals surface area (Å²) in [5, 5.41) is 13.1. The molecule has 23 heavy (non-hydrogen) atoms. The molecule has 2 aromatic rings. The maximum atomic E-state index is 11.9. The average Bonchev–Trinajstić information content (AvgIpc) is 2.59. The summed E-state index contributed by atoms with van der Waals surface area (Å²) < 4.78 is 10.5. The molecule has 0 aliphatic rings. The van der Waals surface area contributed by atoms with Crippen molar-refractivity contribution in [2.24, 2.45) is 0 Å². The molecule has 0 radical (unpaired) electrons. The second-order valence-electron chi connectivity index (χ2n) is 4.86. The van der Waals surface area contributed by atoms with E-state index in [9.17, 15) is 9.90 Å². The van der Waals surface area contributed by atoms with Gasteiger partial charge in [0, 0.05) is 17.1 Å². The van der Waals surface area contributed by atoms with E-state index in [1.807, 2.05) is 0 Å². The molecule has 1 unspecified atom stereocenters.